The zero-order valence-electron chi connectivity index (χ0n) is 11.3. The van der Waals surface area contributed by atoms with Gasteiger partial charge in [-0.05, 0) is 63.6 Å². The Morgan fingerprint density at radius 1 is 1.17 bits per heavy atom. The van der Waals surface area contributed by atoms with Crippen LogP contribution in [0.4, 0.5) is 0 Å². The van der Waals surface area contributed by atoms with Crippen LogP contribution in [0.25, 0.3) is 0 Å². The average molecular weight is 260 g/mol. The van der Waals surface area contributed by atoms with E-state index in [4.69, 9.17) is 0 Å². The summed E-state index contributed by atoms with van der Waals surface area (Å²) in [6, 6.07) is 9.75. The van der Waals surface area contributed by atoms with Crippen molar-refractivity contribution in [1.29, 1.82) is 0 Å². The molecular weight excluding hydrogens is 240 g/mol. The molecular formula is C16H20OS. The van der Waals surface area contributed by atoms with Gasteiger partial charge in [0.25, 0.3) is 0 Å². The molecule has 0 aromatic heterocycles. The summed E-state index contributed by atoms with van der Waals surface area (Å²) in [5.74, 6) is 0. The Bertz CT molecular complexity index is 439. The van der Waals surface area contributed by atoms with E-state index >= 15 is 0 Å². The molecule has 96 valence electrons. The maximum Gasteiger partial charge on any atom is 0.216 e. The third-order valence-electron chi connectivity index (χ3n) is 2.42. The summed E-state index contributed by atoms with van der Waals surface area (Å²) in [7, 11) is 0. The molecule has 0 unspecified atom stereocenters. The van der Waals surface area contributed by atoms with Gasteiger partial charge in [0.2, 0.25) is 5.12 Å². The molecule has 0 atom stereocenters. The van der Waals surface area contributed by atoms with Crippen molar-refractivity contribution in [2.45, 2.75) is 38.5 Å². The van der Waals surface area contributed by atoms with E-state index < -0.39 is 0 Å². The maximum atomic E-state index is 11.8. The van der Waals surface area contributed by atoms with Crippen molar-refractivity contribution in [2.75, 3.05) is 0 Å². The number of hydrogen-bond donors (Lipinski definition) is 0. The monoisotopic (exact) mass is 260 g/mol. The van der Waals surface area contributed by atoms with Crippen LogP contribution in [-0.4, -0.2) is 5.12 Å². The Morgan fingerprint density at radius 2 is 1.83 bits per heavy atom. The lowest BCUT2D eigenvalue weighted by Gasteiger charge is -1.99. The summed E-state index contributed by atoms with van der Waals surface area (Å²) >= 11 is 1.28. The van der Waals surface area contributed by atoms with Gasteiger partial charge in [0.1, 0.15) is 0 Å². The Kier molecular flexibility index (Phi) is 6.51. The van der Waals surface area contributed by atoms with Crippen LogP contribution in [0.5, 0.6) is 0 Å². The highest BCUT2D eigenvalue weighted by molar-refractivity contribution is 8.14. The molecule has 1 nitrogen and oxygen atoms in total. The van der Waals surface area contributed by atoms with Gasteiger partial charge in [0.15, 0.2) is 0 Å². The third kappa shape index (κ3) is 6.45. The molecule has 0 heterocycles. The molecule has 0 saturated carbocycles. The van der Waals surface area contributed by atoms with Gasteiger partial charge in [-0.3, -0.25) is 4.79 Å². The second-order valence-corrected chi connectivity index (χ2v) is 5.62. The summed E-state index contributed by atoms with van der Waals surface area (Å²) < 4.78 is 0. The summed E-state index contributed by atoms with van der Waals surface area (Å²) in [6.45, 7) is 6.20. The lowest BCUT2D eigenvalue weighted by Crippen LogP contribution is -1.88. The Labute approximate surface area is 114 Å². The minimum Gasteiger partial charge on any atom is -0.282 e. The van der Waals surface area contributed by atoms with Gasteiger partial charge in [0.05, 0.1) is 0 Å². The Morgan fingerprint density at radius 3 is 2.44 bits per heavy atom. The second kappa shape index (κ2) is 7.93. The minimum absolute atomic E-state index is 0.107. The van der Waals surface area contributed by atoms with Crippen molar-refractivity contribution in [3.05, 3.63) is 53.6 Å². The molecule has 1 aromatic carbocycles. The molecule has 2 heteroatoms. The lowest BCUT2D eigenvalue weighted by atomic mass is 10.1. The molecule has 0 aliphatic rings. The largest absolute Gasteiger partial charge is 0.282 e. The first-order chi connectivity index (χ1) is 8.58. The maximum absolute atomic E-state index is 11.8. The van der Waals surface area contributed by atoms with E-state index in [1.807, 2.05) is 37.3 Å². The van der Waals surface area contributed by atoms with Gasteiger partial charge in [0, 0.05) is 4.90 Å². The Hall–Kier alpha value is -1.28. The fourth-order valence-corrected chi connectivity index (χ4v) is 2.28. The highest BCUT2D eigenvalue weighted by Gasteiger charge is 2.01. The number of allylic oxidation sites excluding steroid dienone is 3. The van der Waals surface area contributed by atoms with Crippen LogP contribution in [0.1, 0.15) is 33.6 Å². The van der Waals surface area contributed by atoms with Crippen LogP contribution in [0.15, 0.2) is 58.5 Å². The smallest absolute Gasteiger partial charge is 0.216 e. The molecule has 0 spiro atoms. The van der Waals surface area contributed by atoms with E-state index in [1.165, 1.54) is 17.3 Å². The van der Waals surface area contributed by atoms with Crippen LogP contribution in [0.2, 0.25) is 0 Å². The van der Waals surface area contributed by atoms with Crippen molar-refractivity contribution in [1.82, 2.24) is 0 Å². The van der Waals surface area contributed by atoms with E-state index in [9.17, 15) is 4.79 Å². The van der Waals surface area contributed by atoms with Crippen molar-refractivity contribution in [3.8, 4) is 0 Å². The molecule has 0 saturated heterocycles. The number of hydrogen-bond acceptors (Lipinski definition) is 2. The van der Waals surface area contributed by atoms with Gasteiger partial charge in [-0.2, -0.15) is 0 Å². The zero-order chi connectivity index (χ0) is 13.4. The van der Waals surface area contributed by atoms with Crippen molar-refractivity contribution < 1.29 is 4.79 Å². The van der Waals surface area contributed by atoms with E-state index in [0.717, 1.165) is 23.3 Å². The molecule has 0 fully saturated rings. The summed E-state index contributed by atoms with van der Waals surface area (Å²) in [5.41, 5.74) is 2.47. The molecule has 1 aromatic rings. The minimum atomic E-state index is 0.107. The van der Waals surface area contributed by atoms with Gasteiger partial charge < -0.3 is 0 Å². The van der Waals surface area contributed by atoms with Gasteiger partial charge in [-0.15, -0.1) is 0 Å². The van der Waals surface area contributed by atoms with Crippen LogP contribution in [-0.2, 0) is 4.79 Å². The van der Waals surface area contributed by atoms with Crippen molar-refractivity contribution >= 4 is 16.9 Å². The summed E-state index contributed by atoms with van der Waals surface area (Å²) in [4.78, 5) is 12.8. The molecule has 0 aliphatic heterocycles. The fraction of sp³-hybridized carbons (Fsp3) is 0.312. The quantitative estimate of drug-likeness (QED) is 0.421. The summed E-state index contributed by atoms with van der Waals surface area (Å²) in [6.07, 6.45) is 5.91. The van der Waals surface area contributed by atoms with Crippen molar-refractivity contribution in [3.63, 3.8) is 0 Å². The van der Waals surface area contributed by atoms with Crippen molar-refractivity contribution in [2.24, 2.45) is 0 Å². The highest BCUT2D eigenvalue weighted by atomic mass is 32.2. The molecule has 1 rings (SSSR count). The first-order valence-corrected chi connectivity index (χ1v) is 6.97. The summed E-state index contributed by atoms with van der Waals surface area (Å²) in [5, 5.41) is 0.107. The number of carbonyl (C=O) groups excluding carboxylic acids is 1. The number of rotatable bonds is 5. The Balaban J connectivity index is 2.45. The SMILES string of the molecule is CC(C)=CCC/C(C)=C/C(=O)Sc1ccccc1. The first kappa shape index (κ1) is 14.8. The van der Waals surface area contributed by atoms with Gasteiger partial charge in [-0.1, -0.05) is 35.4 Å². The topological polar surface area (TPSA) is 17.1 Å². The van der Waals surface area contributed by atoms with Crippen LogP contribution >= 0.6 is 11.8 Å². The standard InChI is InChI=1S/C16H20OS/c1-13(2)8-7-9-14(3)12-16(17)18-15-10-5-4-6-11-15/h4-6,8,10-12H,7,9H2,1-3H3/b14-12+. The number of thioether (sulfide) groups is 1. The predicted octanol–water partition coefficient (Wildman–Crippen LogP) is 5.00. The molecule has 0 amide bonds. The molecule has 18 heavy (non-hydrogen) atoms. The van der Waals surface area contributed by atoms with Gasteiger partial charge >= 0.3 is 0 Å². The average Bonchev–Trinajstić information content (AvgIpc) is 2.29. The van der Waals surface area contributed by atoms with E-state index in [0.29, 0.717) is 0 Å². The van der Waals surface area contributed by atoms with E-state index in [-0.39, 0.29) is 5.12 Å². The third-order valence-corrected chi connectivity index (χ3v) is 3.24. The van der Waals surface area contributed by atoms with Gasteiger partial charge in [-0.25, -0.2) is 0 Å². The predicted molar refractivity (Wildman–Crippen MR) is 79.7 cm³/mol. The first-order valence-electron chi connectivity index (χ1n) is 6.15. The lowest BCUT2D eigenvalue weighted by molar-refractivity contribution is -0.107. The van der Waals surface area contributed by atoms with Crippen LogP contribution < -0.4 is 0 Å². The van der Waals surface area contributed by atoms with E-state index in [2.05, 4.69) is 19.9 Å². The zero-order valence-corrected chi connectivity index (χ0v) is 12.1. The normalized spacial score (nSPS) is 11.2. The second-order valence-electron chi connectivity index (χ2n) is 4.54. The number of benzene rings is 1. The van der Waals surface area contributed by atoms with E-state index in [1.54, 1.807) is 6.08 Å². The molecule has 0 aliphatic carbocycles. The highest BCUT2D eigenvalue weighted by Crippen LogP contribution is 2.19. The number of carbonyl (C=O) groups is 1. The fourth-order valence-electron chi connectivity index (χ4n) is 1.50. The molecule has 0 N–H and O–H groups in total. The molecule has 0 bridgehead atoms. The van der Waals surface area contributed by atoms with Crippen LogP contribution in [0.3, 0.4) is 0 Å². The molecule has 0 radical (unpaired) electrons. The van der Waals surface area contributed by atoms with Crippen LogP contribution in [0, 0.1) is 0 Å².